The van der Waals surface area contributed by atoms with Gasteiger partial charge in [-0.1, -0.05) is 38.1 Å². The van der Waals surface area contributed by atoms with E-state index in [9.17, 15) is 4.79 Å². The van der Waals surface area contributed by atoms with Crippen molar-refractivity contribution in [1.29, 1.82) is 0 Å². The van der Waals surface area contributed by atoms with E-state index in [1.54, 1.807) is 16.9 Å². The molecule has 1 fully saturated rings. The largest absolute Gasteiger partial charge is 0.351 e. The fourth-order valence-electron chi connectivity index (χ4n) is 3.74. The van der Waals surface area contributed by atoms with Crippen molar-refractivity contribution in [3.05, 3.63) is 53.9 Å². The van der Waals surface area contributed by atoms with Gasteiger partial charge in [0.05, 0.1) is 11.9 Å². The van der Waals surface area contributed by atoms with Crippen LogP contribution in [0.5, 0.6) is 0 Å². The van der Waals surface area contributed by atoms with Crippen molar-refractivity contribution in [2.45, 2.75) is 32.6 Å². The number of fused-ring (bicyclic) bond motifs is 1. The van der Waals surface area contributed by atoms with Gasteiger partial charge in [-0.2, -0.15) is 5.10 Å². The average Bonchev–Trinajstić information content (AvgIpc) is 3.37. The first kappa shape index (κ1) is 18.6. The molecule has 0 saturated carbocycles. The molecule has 0 radical (unpaired) electrons. The average molecular weight is 377 g/mol. The van der Waals surface area contributed by atoms with Crippen LogP contribution in [0.4, 0.5) is 0 Å². The van der Waals surface area contributed by atoms with Gasteiger partial charge in [0.15, 0.2) is 5.65 Å². The summed E-state index contributed by atoms with van der Waals surface area (Å²) in [6, 6.07) is 10.4. The number of carbonyl (C=O) groups excluding carboxylic acids is 1. The Morgan fingerprint density at radius 2 is 1.89 bits per heavy atom. The van der Waals surface area contributed by atoms with Gasteiger partial charge in [-0.3, -0.25) is 4.79 Å². The molecule has 1 saturated heterocycles. The van der Waals surface area contributed by atoms with Crippen LogP contribution in [0.2, 0.25) is 0 Å². The van der Waals surface area contributed by atoms with Crippen LogP contribution in [-0.2, 0) is 0 Å². The molecule has 1 amide bonds. The highest BCUT2D eigenvalue weighted by molar-refractivity contribution is 5.99. The predicted octanol–water partition coefficient (Wildman–Crippen LogP) is 3.35. The van der Waals surface area contributed by atoms with E-state index in [-0.39, 0.29) is 5.91 Å². The minimum absolute atomic E-state index is 0.117. The molecule has 1 aromatic carbocycles. The summed E-state index contributed by atoms with van der Waals surface area (Å²) in [7, 11) is 0. The van der Waals surface area contributed by atoms with Crippen LogP contribution in [0.3, 0.4) is 0 Å². The number of benzene rings is 1. The summed E-state index contributed by atoms with van der Waals surface area (Å²) in [5, 5.41) is 7.45. The van der Waals surface area contributed by atoms with Crippen LogP contribution >= 0.6 is 0 Å². The first-order valence-corrected chi connectivity index (χ1v) is 10.1. The number of aromatic nitrogens is 3. The van der Waals surface area contributed by atoms with E-state index < -0.39 is 0 Å². The van der Waals surface area contributed by atoms with Crippen LogP contribution in [0, 0.1) is 0 Å². The molecule has 4 rings (SSSR count). The molecule has 3 aromatic rings. The monoisotopic (exact) mass is 377 g/mol. The van der Waals surface area contributed by atoms with Gasteiger partial charge >= 0.3 is 0 Å². The highest BCUT2D eigenvalue weighted by atomic mass is 16.1. The van der Waals surface area contributed by atoms with Crippen molar-refractivity contribution in [1.82, 2.24) is 24.8 Å². The Balaban J connectivity index is 1.53. The number of nitrogens with one attached hydrogen (secondary N) is 1. The summed E-state index contributed by atoms with van der Waals surface area (Å²) in [4.78, 5) is 19.4. The maximum absolute atomic E-state index is 12.6. The molecule has 6 heteroatoms. The van der Waals surface area contributed by atoms with Gasteiger partial charge in [0, 0.05) is 24.8 Å². The molecular formula is C22H27N5O. The number of hydrogen-bond donors (Lipinski definition) is 1. The molecule has 146 valence electrons. The molecule has 6 nitrogen and oxygen atoms in total. The summed E-state index contributed by atoms with van der Waals surface area (Å²) in [6.07, 6.45) is 5.86. The smallest absolute Gasteiger partial charge is 0.256 e. The Hall–Kier alpha value is -2.73. The molecule has 0 aliphatic carbocycles. The number of amides is 1. The van der Waals surface area contributed by atoms with Crippen molar-refractivity contribution >= 4 is 11.6 Å². The molecule has 1 aliphatic heterocycles. The van der Waals surface area contributed by atoms with E-state index in [1.165, 1.54) is 18.4 Å². The van der Waals surface area contributed by atoms with E-state index in [2.05, 4.69) is 58.4 Å². The third-order valence-electron chi connectivity index (χ3n) is 5.43. The first-order valence-electron chi connectivity index (χ1n) is 10.1. The topological polar surface area (TPSA) is 62.5 Å². The SMILES string of the molecule is CC(C)c1ccc(-c2ccnc3c(C(=O)NCCN4CCCC4)cnn23)cc1. The molecule has 1 aliphatic rings. The van der Waals surface area contributed by atoms with E-state index in [1.807, 2.05) is 6.07 Å². The maximum Gasteiger partial charge on any atom is 0.256 e. The summed E-state index contributed by atoms with van der Waals surface area (Å²) < 4.78 is 1.75. The summed E-state index contributed by atoms with van der Waals surface area (Å²) in [5.74, 6) is 0.376. The normalized spacial score (nSPS) is 14.8. The molecule has 3 heterocycles. The molecule has 0 unspecified atom stereocenters. The first-order chi connectivity index (χ1) is 13.6. The number of carbonyl (C=O) groups is 1. The molecule has 0 atom stereocenters. The van der Waals surface area contributed by atoms with Crippen LogP contribution in [-0.4, -0.2) is 51.6 Å². The van der Waals surface area contributed by atoms with E-state index in [4.69, 9.17) is 0 Å². The quantitative estimate of drug-likeness (QED) is 0.716. The summed E-state index contributed by atoms with van der Waals surface area (Å²) in [6.45, 7) is 8.17. The Kier molecular flexibility index (Phi) is 5.39. The van der Waals surface area contributed by atoms with Gasteiger partial charge in [0.25, 0.3) is 5.91 Å². The van der Waals surface area contributed by atoms with Crippen molar-refractivity contribution in [3.8, 4) is 11.3 Å². The lowest BCUT2D eigenvalue weighted by molar-refractivity contribution is 0.0951. The molecule has 0 spiro atoms. The highest BCUT2D eigenvalue weighted by Crippen LogP contribution is 2.23. The summed E-state index contributed by atoms with van der Waals surface area (Å²) in [5.41, 5.74) is 4.39. The molecule has 28 heavy (non-hydrogen) atoms. The second kappa shape index (κ2) is 8.10. The van der Waals surface area contributed by atoms with Gasteiger partial charge in [-0.15, -0.1) is 0 Å². The lowest BCUT2D eigenvalue weighted by Gasteiger charge is -2.14. The van der Waals surface area contributed by atoms with Gasteiger partial charge < -0.3 is 10.2 Å². The van der Waals surface area contributed by atoms with Crippen molar-refractivity contribution in [2.75, 3.05) is 26.2 Å². The fraction of sp³-hybridized carbons (Fsp3) is 0.409. The minimum atomic E-state index is -0.117. The number of likely N-dealkylation sites (tertiary alicyclic amines) is 1. The Morgan fingerprint density at radius 1 is 1.14 bits per heavy atom. The lowest BCUT2D eigenvalue weighted by Crippen LogP contribution is -2.33. The minimum Gasteiger partial charge on any atom is -0.351 e. The molecule has 0 bridgehead atoms. The Bertz CT molecular complexity index is 955. The fourth-order valence-corrected chi connectivity index (χ4v) is 3.74. The zero-order valence-electron chi connectivity index (χ0n) is 16.6. The Labute approximate surface area is 165 Å². The van der Waals surface area contributed by atoms with Gasteiger partial charge in [-0.25, -0.2) is 9.50 Å². The van der Waals surface area contributed by atoms with E-state index in [0.717, 1.165) is 30.9 Å². The number of nitrogens with zero attached hydrogens (tertiary/aromatic N) is 4. The van der Waals surface area contributed by atoms with Crippen LogP contribution in [0.1, 0.15) is 48.5 Å². The number of rotatable bonds is 6. The zero-order chi connectivity index (χ0) is 19.5. The molecular weight excluding hydrogens is 350 g/mol. The second-order valence-electron chi connectivity index (χ2n) is 7.71. The number of hydrogen-bond acceptors (Lipinski definition) is 4. The summed E-state index contributed by atoms with van der Waals surface area (Å²) >= 11 is 0. The van der Waals surface area contributed by atoms with E-state index >= 15 is 0 Å². The third-order valence-corrected chi connectivity index (χ3v) is 5.43. The van der Waals surface area contributed by atoms with E-state index in [0.29, 0.717) is 23.7 Å². The zero-order valence-corrected chi connectivity index (χ0v) is 16.6. The Morgan fingerprint density at radius 3 is 2.61 bits per heavy atom. The van der Waals surface area contributed by atoms with Crippen LogP contribution in [0.25, 0.3) is 16.9 Å². The lowest BCUT2D eigenvalue weighted by atomic mass is 10.0. The molecule has 1 N–H and O–H groups in total. The van der Waals surface area contributed by atoms with Crippen molar-refractivity contribution in [2.24, 2.45) is 0 Å². The predicted molar refractivity (Wildman–Crippen MR) is 111 cm³/mol. The van der Waals surface area contributed by atoms with Crippen molar-refractivity contribution in [3.63, 3.8) is 0 Å². The van der Waals surface area contributed by atoms with Gasteiger partial charge in [-0.05, 0) is 43.5 Å². The standard InChI is InChI=1S/C22H27N5O/c1-16(2)17-5-7-18(8-6-17)20-9-10-23-21-19(15-25-27(20)21)22(28)24-11-14-26-12-3-4-13-26/h5-10,15-16H,3-4,11-14H2,1-2H3,(H,24,28). The van der Waals surface area contributed by atoms with Crippen LogP contribution < -0.4 is 5.32 Å². The van der Waals surface area contributed by atoms with Crippen LogP contribution in [0.15, 0.2) is 42.7 Å². The third kappa shape index (κ3) is 3.78. The van der Waals surface area contributed by atoms with Crippen molar-refractivity contribution < 1.29 is 4.79 Å². The second-order valence-corrected chi connectivity index (χ2v) is 7.71. The van der Waals surface area contributed by atoms with Gasteiger partial charge in [0.2, 0.25) is 0 Å². The van der Waals surface area contributed by atoms with Gasteiger partial charge in [0.1, 0.15) is 5.56 Å². The highest BCUT2D eigenvalue weighted by Gasteiger charge is 2.17. The molecule has 2 aromatic heterocycles. The maximum atomic E-state index is 12.6.